The first-order chi connectivity index (χ1) is 10.5. The second-order valence-corrected chi connectivity index (χ2v) is 5.04. The Morgan fingerprint density at radius 2 is 1.91 bits per heavy atom. The summed E-state index contributed by atoms with van der Waals surface area (Å²) < 4.78 is 5.49. The third kappa shape index (κ3) is 3.73. The maximum Gasteiger partial charge on any atom is 0.311 e. The van der Waals surface area contributed by atoms with Gasteiger partial charge >= 0.3 is 5.69 Å². The monoisotopic (exact) mass is 302 g/mol. The van der Waals surface area contributed by atoms with Gasteiger partial charge in [0.1, 0.15) is 12.7 Å². The highest BCUT2D eigenvalue weighted by molar-refractivity contribution is 5.58. The predicted octanol–water partition coefficient (Wildman–Crippen LogP) is 2.77. The molecule has 116 valence electrons. The number of hydrogen-bond acceptors (Lipinski definition) is 5. The SMILES string of the molecule is CN(C)c1ccc([N+](=O)[O-])c(OC[C@@H](O)c2ccccc2)c1. The molecular weight excluding hydrogens is 284 g/mol. The number of ether oxygens (including phenoxy) is 1. The van der Waals surface area contributed by atoms with Crippen LogP contribution < -0.4 is 9.64 Å². The first-order valence-electron chi connectivity index (χ1n) is 6.80. The van der Waals surface area contributed by atoms with Crippen LogP contribution in [0.15, 0.2) is 48.5 Å². The van der Waals surface area contributed by atoms with Crippen molar-refractivity contribution in [3.63, 3.8) is 0 Å². The fourth-order valence-electron chi connectivity index (χ4n) is 1.99. The van der Waals surface area contributed by atoms with Crippen LogP contribution >= 0.6 is 0 Å². The zero-order valence-corrected chi connectivity index (χ0v) is 12.5. The Morgan fingerprint density at radius 1 is 1.23 bits per heavy atom. The van der Waals surface area contributed by atoms with Gasteiger partial charge in [-0.3, -0.25) is 10.1 Å². The molecule has 0 bridgehead atoms. The topological polar surface area (TPSA) is 75.8 Å². The number of aliphatic hydroxyl groups is 1. The summed E-state index contributed by atoms with van der Waals surface area (Å²) in [5, 5.41) is 21.2. The molecule has 6 heteroatoms. The number of hydrogen-bond donors (Lipinski definition) is 1. The third-order valence-electron chi connectivity index (χ3n) is 3.24. The highest BCUT2D eigenvalue weighted by Gasteiger charge is 2.18. The van der Waals surface area contributed by atoms with Crippen molar-refractivity contribution in [2.24, 2.45) is 0 Å². The minimum atomic E-state index is -0.844. The van der Waals surface area contributed by atoms with Crippen molar-refractivity contribution in [3.8, 4) is 5.75 Å². The van der Waals surface area contributed by atoms with Crippen LogP contribution in [0, 0.1) is 10.1 Å². The normalized spacial score (nSPS) is 11.8. The molecule has 0 heterocycles. The molecule has 0 aliphatic heterocycles. The Bertz CT molecular complexity index is 644. The molecule has 0 saturated heterocycles. The molecular formula is C16H18N2O4. The minimum absolute atomic E-state index is 0.0538. The second kappa shape index (κ2) is 6.91. The highest BCUT2D eigenvalue weighted by atomic mass is 16.6. The molecule has 0 aliphatic carbocycles. The molecule has 2 aromatic rings. The zero-order valence-electron chi connectivity index (χ0n) is 12.5. The van der Waals surface area contributed by atoms with Gasteiger partial charge in [0, 0.05) is 31.9 Å². The highest BCUT2D eigenvalue weighted by Crippen LogP contribution is 2.31. The molecule has 1 N–H and O–H groups in total. The lowest BCUT2D eigenvalue weighted by molar-refractivity contribution is -0.385. The Morgan fingerprint density at radius 3 is 2.50 bits per heavy atom. The summed E-state index contributed by atoms with van der Waals surface area (Å²) in [5.74, 6) is 0.145. The Hall–Kier alpha value is -2.60. The number of anilines is 1. The molecule has 0 aromatic heterocycles. The minimum Gasteiger partial charge on any atom is -0.484 e. The van der Waals surface area contributed by atoms with Crippen LogP contribution in [0.2, 0.25) is 0 Å². The van der Waals surface area contributed by atoms with Crippen LogP contribution in [0.5, 0.6) is 5.75 Å². The lowest BCUT2D eigenvalue weighted by atomic mass is 10.1. The molecule has 2 aromatic carbocycles. The van der Waals surface area contributed by atoms with Gasteiger partial charge in [-0.25, -0.2) is 0 Å². The molecule has 0 spiro atoms. The Kier molecular flexibility index (Phi) is 4.95. The van der Waals surface area contributed by atoms with Crippen LogP contribution in [0.1, 0.15) is 11.7 Å². The van der Waals surface area contributed by atoms with Gasteiger partial charge in [0.25, 0.3) is 0 Å². The van der Waals surface area contributed by atoms with Gasteiger partial charge in [-0.05, 0) is 11.6 Å². The van der Waals surface area contributed by atoms with Crippen LogP contribution in [0.3, 0.4) is 0 Å². The predicted molar refractivity (Wildman–Crippen MR) is 84.3 cm³/mol. The van der Waals surface area contributed by atoms with E-state index in [2.05, 4.69) is 0 Å². The molecule has 6 nitrogen and oxygen atoms in total. The van der Waals surface area contributed by atoms with Crippen molar-refractivity contribution in [3.05, 3.63) is 64.2 Å². The van der Waals surface area contributed by atoms with Crippen molar-refractivity contribution >= 4 is 11.4 Å². The number of rotatable bonds is 6. The number of benzene rings is 2. The summed E-state index contributed by atoms with van der Waals surface area (Å²) in [6, 6.07) is 13.7. The molecule has 0 aliphatic rings. The van der Waals surface area contributed by atoms with Crippen molar-refractivity contribution < 1.29 is 14.8 Å². The molecule has 0 radical (unpaired) electrons. The zero-order chi connectivity index (χ0) is 16.1. The summed E-state index contributed by atoms with van der Waals surface area (Å²) in [6.07, 6.45) is -0.844. The molecule has 0 amide bonds. The van der Waals surface area contributed by atoms with Gasteiger partial charge in [-0.15, -0.1) is 0 Å². The van der Waals surface area contributed by atoms with Crippen LogP contribution in [0.4, 0.5) is 11.4 Å². The standard InChI is InChI=1S/C16H18N2O4/c1-17(2)13-8-9-14(18(20)21)16(10-13)22-11-15(19)12-6-4-3-5-7-12/h3-10,15,19H,11H2,1-2H3/t15-/m1/s1. The number of nitro groups is 1. The number of aliphatic hydroxyl groups excluding tert-OH is 1. The number of nitro benzene ring substituents is 1. The van der Waals surface area contributed by atoms with Crippen molar-refractivity contribution in [2.45, 2.75) is 6.10 Å². The molecule has 0 fully saturated rings. The summed E-state index contributed by atoms with van der Waals surface area (Å²) in [7, 11) is 3.67. The van der Waals surface area contributed by atoms with E-state index in [9.17, 15) is 15.2 Å². The fourth-order valence-corrected chi connectivity index (χ4v) is 1.99. The van der Waals surface area contributed by atoms with Gasteiger partial charge in [0.2, 0.25) is 0 Å². The second-order valence-electron chi connectivity index (χ2n) is 5.04. The molecule has 0 saturated carbocycles. The van der Waals surface area contributed by atoms with Gasteiger partial charge in [0.05, 0.1) is 4.92 Å². The first kappa shape index (κ1) is 15.8. The molecule has 22 heavy (non-hydrogen) atoms. The van der Waals surface area contributed by atoms with E-state index in [0.29, 0.717) is 5.56 Å². The summed E-state index contributed by atoms with van der Waals surface area (Å²) >= 11 is 0. The van der Waals surface area contributed by atoms with Gasteiger partial charge in [-0.2, -0.15) is 0 Å². The fraction of sp³-hybridized carbons (Fsp3) is 0.250. The molecule has 0 unspecified atom stereocenters. The van der Waals surface area contributed by atoms with Crippen molar-refractivity contribution in [1.29, 1.82) is 0 Å². The summed E-state index contributed by atoms with van der Waals surface area (Å²) in [4.78, 5) is 12.4. The van der Waals surface area contributed by atoms with Crippen LogP contribution in [-0.4, -0.2) is 30.7 Å². The Balaban J connectivity index is 2.17. The third-order valence-corrected chi connectivity index (χ3v) is 3.24. The first-order valence-corrected chi connectivity index (χ1v) is 6.80. The van der Waals surface area contributed by atoms with E-state index in [1.165, 1.54) is 6.07 Å². The number of nitrogens with zero attached hydrogens (tertiary/aromatic N) is 2. The van der Waals surface area contributed by atoms with E-state index in [0.717, 1.165) is 5.69 Å². The summed E-state index contributed by atoms with van der Waals surface area (Å²) in [5.41, 5.74) is 1.37. The van der Waals surface area contributed by atoms with E-state index >= 15 is 0 Å². The maximum atomic E-state index is 11.1. The maximum absolute atomic E-state index is 11.1. The van der Waals surface area contributed by atoms with E-state index in [1.807, 2.05) is 37.2 Å². The van der Waals surface area contributed by atoms with Crippen molar-refractivity contribution in [2.75, 3.05) is 25.6 Å². The summed E-state index contributed by atoms with van der Waals surface area (Å²) in [6.45, 7) is -0.0538. The van der Waals surface area contributed by atoms with Crippen molar-refractivity contribution in [1.82, 2.24) is 0 Å². The smallest absolute Gasteiger partial charge is 0.311 e. The van der Waals surface area contributed by atoms with E-state index in [4.69, 9.17) is 4.74 Å². The average molecular weight is 302 g/mol. The van der Waals surface area contributed by atoms with E-state index in [-0.39, 0.29) is 18.0 Å². The lowest BCUT2D eigenvalue weighted by Gasteiger charge is -2.16. The van der Waals surface area contributed by atoms with Crippen LogP contribution in [-0.2, 0) is 0 Å². The largest absolute Gasteiger partial charge is 0.484 e. The van der Waals surface area contributed by atoms with E-state index < -0.39 is 11.0 Å². The van der Waals surface area contributed by atoms with Crippen LogP contribution in [0.25, 0.3) is 0 Å². The van der Waals surface area contributed by atoms with Gasteiger partial charge < -0.3 is 14.7 Å². The Labute approximate surface area is 128 Å². The average Bonchev–Trinajstić information content (AvgIpc) is 2.52. The quantitative estimate of drug-likeness (QED) is 0.656. The molecule has 1 atom stereocenters. The lowest BCUT2D eigenvalue weighted by Crippen LogP contribution is -2.12. The van der Waals surface area contributed by atoms with E-state index in [1.54, 1.807) is 24.3 Å². The van der Waals surface area contributed by atoms with Gasteiger partial charge in [-0.1, -0.05) is 30.3 Å². The van der Waals surface area contributed by atoms with Gasteiger partial charge in [0.15, 0.2) is 5.75 Å². The molecule has 2 rings (SSSR count).